The van der Waals surface area contributed by atoms with Gasteiger partial charge in [0.15, 0.2) is 0 Å². The summed E-state index contributed by atoms with van der Waals surface area (Å²) in [5.74, 6) is -1.53. The van der Waals surface area contributed by atoms with Gasteiger partial charge in [-0.25, -0.2) is 8.78 Å². The third-order valence-corrected chi connectivity index (χ3v) is 3.38. The number of para-hydroxylation sites is 1. The summed E-state index contributed by atoms with van der Waals surface area (Å²) < 4.78 is 26.6. The molecule has 1 amide bonds. The van der Waals surface area contributed by atoms with Crippen LogP contribution in [-0.2, 0) is 4.79 Å². The van der Waals surface area contributed by atoms with Crippen LogP contribution in [0, 0.1) is 11.6 Å². The molecule has 0 heterocycles. The smallest absolute Gasteiger partial charge is 0.239 e. The van der Waals surface area contributed by atoms with Crippen LogP contribution in [0.25, 0.3) is 0 Å². The summed E-state index contributed by atoms with van der Waals surface area (Å²) in [6.45, 7) is 1.81. The van der Waals surface area contributed by atoms with Crippen LogP contribution in [0.2, 0.25) is 0 Å². The topological polar surface area (TPSA) is 32.3 Å². The summed E-state index contributed by atoms with van der Waals surface area (Å²) >= 11 is 0. The number of likely N-dealkylation sites (N-methyl/N-ethyl adjacent to an activating group) is 1. The molecule has 0 saturated heterocycles. The van der Waals surface area contributed by atoms with E-state index in [0.717, 1.165) is 11.8 Å². The normalized spacial score (nSPS) is 11.8. The van der Waals surface area contributed by atoms with E-state index in [4.69, 9.17) is 0 Å². The van der Waals surface area contributed by atoms with E-state index >= 15 is 0 Å². The Hall–Kier alpha value is -2.43. The first-order valence-corrected chi connectivity index (χ1v) is 6.98. The Morgan fingerprint density at radius 3 is 2.50 bits per heavy atom. The molecule has 2 rings (SSSR count). The first-order chi connectivity index (χ1) is 10.5. The predicted molar refractivity (Wildman–Crippen MR) is 82.6 cm³/mol. The minimum atomic E-state index is -0.663. The van der Waals surface area contributed by atoms with E-state index in [1.165, 1.54) is 12.1 Å². The average molecular weight is 304 g/mol. The lowest BCUT2D eigenvalue weighted by Crippen LogP contribution is -2.36. The Morgan fingerprint density at radius 1 is 1.18 bits per heavy atom. The van der Waals surface area contributed by atoms with Crippen molar-refractivity contribution in [3.05, 3.63) is 65.7 Å². The van der Waals surface area contributed by atoms with E-state index in [9.17, 15) is 13.6 Å². The third-order valence-electron chi connectivity index (χ3n) is 3.38. The van der Waals surface area contributed by atoms with Gasteiger partial charge < -0.3 is 10.2 Å². The maximum Gasteiger partial charge on any atom is 0.239 e. The van der Waals surface area contributed by atoms with Crippen molar-refractivity contribution in [3.8, 4) is 0 Å². The number of nitrogens with one attached hydrogen (secondary N) is 1. The largest absolute Gasteiger partial charge is 0.365 e. The van der Waals surface area contributed by atoms with Gasteiger partial charge in [-0.1, -0.05) is 24.3 Å². The average Bonchev–Trinajstić information content (AvgIpc) is 2.47. The second kappa shape index (κ2) is 7.02. The molecular formula is C17H18F2N2O. The van der Waals surface area contributed by atoms with Crippen LogP contribution in [-0.4, -0.2) is 19.5 Å². The number of carbonyl (C=O) groups is 1. The lowest BCUT2D eigenvalue weighted by atomic mass is 10.1. The fourth-order valence-corrected chi connectivity index (χ4v) is 2.21. The van der Waals surface area contributed by atoms with Crippen LogP contribution in [0.15, 0.2) is 48.5 Å². The lowest BCUT2D eigenvalue weighted by molar-refractivity contribution is -0.120. The quantitative estimate of drug-likeness (QED) is 0.919. The van der Waals surface area contributed by atoms with Crippen LogP contribution in [0.5, 0.6) is 0 Å². The molecule has 0 bridgehead atoms. The van der Waals surface area contributed by atoms with Crippen molar-refractivity contribution in [1.29, 1.82) is 0 Å². The first kappa shape index (κ1) is 15.9. The molecule has 0 aromatic heterocycles. The molecule has 0 unspecified atom stereocenters. The summed E-state index contributed by atoms with van der Waals surface area (Å²) in [6, 6.07) is 12.3. The molecule has 2 aromatic carbocycles. The minimum Gasteiger partial charge on any atom is -0.365 e. The van der Waals surface area contributed by atoms with Gasteiger partial charge in [-0.3, -0.25) is 4.79 Å². The lowest BCUT2D eigenvalue weighted by Gasteiger charge is -2.21. The molecule has 5 heteroatoms. The summed E-state index contributed by atoms with van der Waals surface area (Å²) in [5.41, 5.74) is 1.18. The first-order valence-electron chi connectivity index (χ1n) is 6.98. The highest BCUT2D eigenvalue weighted by atomic mass is 19.1. The number of carbonyl (C=O) groups excluding carboxylic acids is 1. The molecule has 0 aliphatic rings. The minimum absolute atomic E-state index is 0.150. The van der Waals surface area contributed by atoms with Gasteiger partial charge in [-0.2, -0.15) is 0 Å². The summed E-state index contributed by atoms with van der Waals surface area (Å²) in [6.07, 6.45) is 0. The second-order valence-electron chi connectivity index (χ2n) is 5.15. The Bertz CT molecular complexity index is 646. The Labute approximate surface area is 128 Å². The summed E-state index contributed by atoms with van der Waals surface area (Å²) in [5, 5.41) is 2.71. The number of benzene rings is 2. The SMILES string of the molecule is C[C@H](NC(=O)CN(C)c1ccccc1)c1ccc(F)cc1F. The van der Waals surface area contributed by atoms with E-state index in [0.29, 0.717) is 0 Å². The number of hydrogen-bond acceptors (Lipinski definition) is 2. The van der Waals surface area contributed by atoms with E-state index in [-0.39, 0.29) is 18.0 Å². The fraction of sp³-hybridized carbons (Fsp3) is 0.235. The zero-order valence-electron chi connectivity index (χ0n) is 12.5. The predicted octanol–water partition coefficient (Wildman–Crippen LogP) is 3.28. The number of halogens is 2. The van der Waals surface area contributed by atoms with E-state index in [2.05, 4.69) is 5.32 Å². The van der Waals surface area contributed by atoms with Crippen molar-refractivity contribution in [3.63, 3.8) is 0 Å². The molecule has 116 valence electrons. The molecule has 22 heavy (non-hydrogen) atoms. The van der Waals surface area contributed by atoms with Gasteiger partial charge in [-0.15, -0.1) is 0 Å². The Morgan fingerprint density at radius 2 is 1.86 bits per heavy atom. The van der Waals surface area contributed by atoms with Gasteiger partial charge in [0.2, 0.25) is 5.91 Å². The molecule has 0 aliphatic heterocycles. The van der Waals surface area contributed by atoms with Gasteiger partial charge in [0, 0.05) is 24.4 Å². The van der Waals surface area contributed by atoms with E-state index < -0.39 is 17.7 Å². The Balaban J connectivity index is 1.96. The van der Waals surface area contributed by atoms with Gasteiger partial charge in [0.05, 0.1) is 12.6 Å². The van der Waals surface area contributed by atoms with Crippen molar-refractivity contribution >= 4 is 11.6 Å². The highest BCUT2D eigenvalue weighted by Crippen LogP contribution is 2.18. The number of hydrogen-bond donors (Lipinski definition) is 1. The van der Waals surface area contributed by atoms with Crippen LogP contribution in [0.3, 0.4) is 0 Å². The van der Waals surface area contributed by atoms with Crippen molar-refractivity contribution < 1.29 is 13.6 Å². The zero-order valence-corrected chi connectivity index (χ0v) is 12.5. The van der Waals surface area contributed by atoms with Crippen LogP contribution in [0.4, 0.5) is 14.5 Å². The van der Waals surface area contributed by atoms with Crippen molar-refractivity contribution in [2.75, 3.05) is 18.5 Å². The molecule has 0 fully saturated rings. The van der Waals surface area contributed by atoms with E-state index in [1.54, 1.807) is 18.9 Å². The van der Waals surface area contributed by atoms with Crippen molar-refractivity contribution in [2.45, 2.75) is 13.0 Å². The fourth-order valence-electron chi connectivity index (χ4n) is 2.21. The van der Waals surface area contributed by atoms with Crippen LogP contribution >= 0.6 is 0 Å². The summed E-state index contributed by atoms with van der Waals surface area (Å²) in [7, 11) is 1.80. The van der Waals surface area contributed by atoms with Crippen LogP contribution in [0.1, 0.15) is 18.5 Å². The van der Waals surface area contributed by atoms with Gasteiger partial charge in [0.25, 0.3) is 0 Å². The Kier molecular flexibility index (Phi) is 5.09. The van der Waals surface area contributed by atoms with E-state index in [1.807, 2.05) is 30.3 Å². The maximum absolute atomic E-state index is 13.7. The number of amides is 1. The molecule has 0 spiro atoms. The highest BCUT2D eigenvalue weighted by Gasteiger charge is 2.15. The number of rotatable bonds is 5. The monoisotopic (exact) mass is 304 g/mol. The van der Waals surface area contributed by atoms with Gasteiger partial charge in [0.1, 0.15) is 11.6 Å². The van der Waals surface area contributed by atoms with Gasteiger partial charge >= 0.3 is 0 Å². The zero-order chi connectivity index (χ0) is 16.1. The molecule has 0 radical (unpaired) electrons. The molecule has 2 aromatic rings. The molecule has 0 aliphatic carbocycles. The van der Waals surface area contributed by atoms with Crippen molar-refractivity contribution in [2.24, 2.45) is 0 Å². The second-order valence-corrected chi connectivity index (χ2v) is 5.15. The van der Waals surface area contributed by atoms with Gasteiger partial charge in [-0.05, 0) is 25.1 Å². The molecule has 1 atom stereocenters. The molecule has 3 nitrogen and oxygen atoms in total. The summed E-state index contributed by atoms with van der Waals surface area (Å²) in [4.78, 5) is 13.8. The number of nitrogens with zero attached hydrogens (tertiary/aromatic N) is 1. The number of anilines is 1. The standard InChI is InChI=1S/C17H18F2N2O/c1-12(15-9-8-13(18)10-16(15)19)20-17(22)11-21(2)14-6-4-3-5-7-14/h3-10,12H,11H2,1-2H3,(H,20,22)/t12-/m0/s1. The molecule has 0 saturated carbocycles. The molecule has 1 N–H and O–H groups in total. The maximum atomic E-state index is 13.7. The molecular weight excluding hydrogens is 286 g/mol. The third kappa shape index (κ3) is 4.04. The van der Waals surface area contributed by atoms with Crippen LogP contribution < -0.4 is 10.2 Å². The van der Waals surface area contributed by atoms with Crippen molar-refractivity contribution in [1.82, 2.24) is 5.32 Å². The highest BCUT2D eigenvalue weighted by molar-refractivity contribution is 5.81.